The Hall–Kier alpha value is -1.51. The van der Waals surface area contributed by atoms with Gasteiger partial charge in [0.1, 0.15) is 11.8 Å². The lowest BCUT2D eigenvalue weighted by Gasteiger charge is -2.31. The molecule has 8 heteroatoms. The molecule has 0 fully saturated rings. The third-order valence-corrected chi connectivity index (χ3v) is 6.22. The molecule has 2 atom stereocenters. The van der Waals surface area contributed by atoms with E-state index >= 15 is 0 Å². The lowest BCUT2D eigenvalue weighted by Crippen LogP contribution is -2.51. The highest BCUT2D eigenvalue weighted by molar-refractivity contribution is 14.1. The Morgan fingerprint density at radius 3 is 2.35 bits per heavy atom. The smallest absolute Gasteiger partial charge is 0.261 e. The van der Waals surface area contributed by atoms with Crippen molar-refractivity contribution < 1.29 is 14.3 Å². The summed E-state index contributed by atoms with van der Waals surface area (Å²) in [6.45, 7) is 5.81. The van der Waals surface area contributed by atoms with Gasteiger partial charge in [0.25, 0.3) is 5.91 Å². The Labute approximate surface area is 207 Å². The number of amides is 2. The van der Waals surface area contributed by atoms with Crippen molar-refractivity contribution in [3.63, 3.8) is 0 Å². The van der Waals surface area contributed by atoms with Crippen molar-refractivity contribution in [3.05, 3.63) is 61.6 Å². The van der Waals surface area contributed by atoms with E-state index in [9.17, 15) is 9.59 Å². The van der Waals surface area contributed by atoms with Crippen LogP contribution in [0.4, 0.5) is 0 Å². The van der Waals surface area contributed by atoms with Crippen LogP contribution in [0, 0.1) is 3.57 Å². The average Bonchev–Trinajstić information content (AvgIpc) is 2.74. The normalized spacial score (nSPS) is 12.7. The first kappa shape index (κ1) is 25.7. The lowest BCUT2D eigenvalue weighted by atomic mass is 10.1. The summed E-state index contributed by atoms with van der Waals surface area (Å²) in [7, 11) is 0. The third kappa shape index (κ3) is 7.84. The molecule has 0 saturated heterocycles. The molecule has 2 aromatic rings. The fourth-order valence-electron chi connectivity index (χ4n) is 2.95. The predicted molar refractivity (Wildman–Crippen MR) is 134 cm³/mol. The van der Waals surface area contributed by atoms with E-state index in [1.807, 2.05) is 45.0 Å². The molecule has 0 aliphatic rings. The van der Waals surface area contributed by atoms with Gasteiger partial charge in [0.05, 0.1) is 0 Å². The first-order valence-electron chi connectivity index (χ1n) is 10.2. The SMILES string of the molecule is CC[C@H](C(=O)N[C@@H](C)CC)N(Cc1ccc(Cl)cc1Cl)C(=O)COc1ccc(I)cc1. The second-order valence-electron chi connectivity index (χ2n) is 7.24. The molecule has 5 nitrogen and oxygen atoms in total. The van der Waals surface area contributed by atoms with Crippen molar-refractivity contribution in [1.29, 1.82) is 0 Å². The molecule has 31 heavy (non-hydrogen) atoms. The van der Waals surface area contributed by atoms with Gasteiger partial charge in [-0.25, -0.2) is 0 Å². The molecule has 2 aromatic carbocycles. The molecular formula is C23H27Cl2IN2O3. The number of hydrogen-bond donors (Lipinski definition) is 1. The monoisotopic (exact) mass is 576 g/mol. The number of carbonyl (C=O) groups is 2. The maximum Gasteiger partial charge on any atom is 0.261 e. The molecule has 0 heterocycles. The van der Waals surface area contributed by atoms with E-state index in [0.717, 1.165) is 9.99 Å². The number of halogens is 3. The minimum Gasteiger partial charge on any atom is -0.484 e. The Morgan fingerprint density at radius 2 is 1.77 bits per heavy atom. The molecule has 0 aliphatic heterocycles. The molecule has 2 rings (SSSR count). The van der Waals surface area contributed by atoms with Crippen molar-refractivity contribution in [2.24, 2.45) is 0 Å². The van der Waals surface area contributed by atoms with Crippen LogP contribution >= 0.6 is 45.8 Å². The number of nitrogens with zero attached hydrogens (tertiary/aromatic N) is 1. The molecular weight excluding hydrogens is 550 g/mol. The fraction of sp³-hybridized carbons (Fsp3) is 0.391. The van der Waals surface area contributed by atoms with E-state index in [4.69, 9.17) is 27.9 Å². The van der Waals surface area contributed by atoms with E-state index in [2.05, 4.69) is 27.9 Å². The largest absolute Gasteiger partial charge is 0.484 e. The molecule has 0 radical (unpaired) electrons. The van der Waals surface area contributed by atoms with Crippen molar-refractivity contribution in [2.75, 3.05) is 6.61 Å². The number of benzene rings is 2. The molecule has 0 saturated carbocycles. The van der Waals surface area contributed by atoms with Crippen LogP contribution in [0.3, 0.4) is 0 Å². The van der Waals surface area contributed by atoms with Crippen LogP contribution in [0.25, 0.3) is 0 Å². The van der Waals surface area contributed by atoms with Gasteiger partial charge in [-0.2, -0.15) is 0 Å². The van der Waals surface area contributed by atoms with E-state index in [-0.39, 0.29) is 31.0 Å². The number of ether oxygens (including phenoxy) is 1. The second kappa shape index (κ2) is 12.5. The number of rotatable bonds is 10. The fourth-order valence-corrected chi connectivity index (χ4v) is 3.78. The number of nitrogens with one attached hydrogen (secondary N) is 1. The summed E-state index contributed by atoms with van der Waals surface area (Å²) in [6.07, 6.45) is 1.26. The topological polar surface area (TPSA) is 58.6 Å². The van der Waals surface area contributed by atoms with Gasteiger partial charge in [0.2, 0.25) is 5.91 Å². The van der Waals surface area contributed by atoms with Crippen LogP contribution in [0.1, 0.15) is 39.2 Å². The number of carbonyl (C=O) groups excluding carboxylic acids is 2. The summed E-state index contributed by atoms with van der Waals surface area (Å²) in [4.78, 5) is 27.6. The molecule has 0 bridgehead atoms. The predicted octanol–water partition coefficient (Wildman–Crippen LogP) is 5.70. The first-order valence-corrected chi connectivity index (χ1v) is 12.0. The highest BCUT2D eigenvalue weighted by Gasteiger charge is 2.30. The summed E-state index contributed by atoms with van der Waals surface area (Å²) >= 11 is 14.6. The van der Waals surface area contributed by atoms with Crippen LogP contribution in [-0.2, 0) is 16.1 Å². The minimum absolute atomic E-state index is 0.0145. The van der Waals surface area contributed by atoms with Gasteiger partial charge in [-0.05, 0) is 84.3 Å². The van der Waals surface area contributed by atoms with Crippen LogP contribution < -0.4 is 10.1 Å². The van der Waals surface area contributed by atoms with Crippen LogP contribution in [0.15, 0.2) is 42.5 Å². The third-order valence-electron chi connectivity index (χ3n) is 4.92. The van der Waals surface area contributed by atoms with Gasteiger partial charge in [-0.15, -0.1) is 0 Å². The lowest BCUT2D eigenvalue weighted by molar-refractivity contribution is -0.143. The second-order valence-corrected chi connectivity index (χ2v) is 9.33. The molecule has 1 N–H and O–H groups in total. The maximum atomic E-state index is 13.2. The highest BCUT2D eigenvalue weighted by Crippen LogP contribution is 2.24. The van der Waals surface area contributed by atoms with Gasteiger partial charge in [-0.3, -0.25) is 9.59 Å². The zero-order valence-corrected chi connectivity index (χ0v) is 21.5. The summed E-state index contributed by atoms with van der Waals surface area (Å²) < 4.78 is 6.76. The van der Waals surface area contributed by atoms with Crippen molar-refractivity contribution in [2.45, 2.75) is 52.2 Å². The van der Waals surface area contributed by atoms with Crippen LogP contribution in [0.2, 0.25) is 10.0 Å². The van der Waals surface area contributed by atoms with Crippen molar-refractivity contribution in [1.82, 2.24) is 10.2 Å². The Kier molecular flexibility index (Phi) is 10.4. The van der Waals surface area contributed by atoms with Crippen molar-refractivity contribution >= 4 is 57.6 Å². The van der Waals surface area contributed by atoms with E-state index < -0.39 is 6.04 Å². The molecule has 0 spiro atoms. The van der Waals surface area contributed by atoms with Gasteiger partial charge in [0, 0.05) is 26.2 Å². The Morgan fingerprint density at radius 1 is 1.10 bits per heavy atom. The highest BCUT2D eigenvalue weighted by atomic mass is 127. The minimum atomic E-state index is -0.645. The zero-order chi connectivity index (χ0) is 23.0. The molecule has 168 valence electrons. The molecule has 0 aromatic heterocycles. The summed E-state index contributed by atoms with van der Waals surface area (Å²) in [6, 6.07) is 11.9. The zero-order valence-electron chi connectivity index (χ0n) is 17.8. The molecule has 0 unspecified atom stereocenters. The average molecular weight is 577 g/mol. The Bertz CT molecular complexity index is 893. The number of hydrogen-bond acceptors (Lipinski definition) is 3. The van der Waals surface area contributed by atoms with Gasteiger partial charge >= 0.3 is 0 Å². The van der Waals surface area contributed by atoms with Gasteiger partial charge in [-0.1, -0.05) is 43.1 Å². The Balaban J connectivity index is 2.24. The maximum absolute atomic E-state index is 13.2. The van der Waals surface area contributed by atoms with Gasteiger partial charge in [0.15, 0.2) is 6.61 Å². The van der Waals surface area contributed by atoms with E-state index in [1.165, 1.54) is 4.90 Å². The summed E-state index contributed by atoms with van der Waals surface area (Å²) in [5, 5.41) is 3.93. The van der Waals surface area contributed by atoms with Crippen LogP contribution in [-0.4, -0.2) is 35.4 Å². The van der Waals surface area contributed by atoms with Crippen molar-refractivity contribution in [3.8, 4) is 5.75 Å². The van der Waals surface area contributed by atoms with E-state index in [1.54, 1.807) is 18.2 Å². The summed E-state index contributed by atoms with van der Waals surface area (Å²) in [5.41, 5.74) is 0.712. The van der Waals surface area contributed by atoms with Crippen LogP contribution in [0.5, 0.6) is 5.75 Å². The molecule has 0 aliphatic carbocycles. The van der Waals surface area contributed by atoms with E-state index in [0.29, 0.717) is 27.8 Å². The standard InChI is InChI=1S/C23H27Cl2IN2O3/c1-4-15(3)27-23(30)21(5-2)28(13-16-6-7-17(24)12-20(16)25)22(29)14-31-19-10-8-18(26)9-11-19/h6-12,15,21H,4-5,13-14H2,1-3H3,(H,27,30)/t15-,21+/m0/s1. The first-order chi connectivity index (χ1) is 14.7. The van der Waals surface area contributed by atoms with Gasteiger partial charge < -0.3 is 15.0 Å². The summed E-state index contributed by atoms with van der Waals surface area (Å²) in [5.74, 6) is 0.107. The quantitative estimate of drug-likeness (QED) is 0.369. The molecule has 2 amide bonds.